The van der Waals surface area contributed by atoms with Crippen molar-refractivity contribution in [3.05, 3.63) is 51.5 Å². The third-order valence-electron chi connectivity index (χ3n) is 3.30. The Morgan fingerprint density at radius 2 is 2.00 bits per heavy atom. The number of para-hydroxylation sites is 1. The number of anilines is 2. The van der Waals surface area contributed by atoms with Crippen LogP contribution in [0.5, 0.6) is 5.75 Å². The average Bonchev–Trinajstić information content (AvgIpc) is 2.52. The monoisotopic (exact) mass is 396 g/mol. The van der Waals surface area contributed by atoms with Crippen molar-refractivity contribution < 1.29 is 9.53 Å². The number of hydrogen-bond donors (Lipinski definition) is 2. The summed E-state index contributed by atoms with van der Waals surface area (Å²) in [5.74, 6) is 0.456. The maximum absolute atomic E-state index is 12.1. The maximum atomic E-state index is 12.1. The van der Waals surface area contributed by atoms with Crippen molar-refractivity contribution in [1.29, 1.82) is 0 Å². The fourth-order valence-electron chi connectivity index (χ4n) is 2.06. The molecular weight excluding hydrogens is 380 g/mol. The van der Waals surface area contributed by atoms with Crippen molar-refractivity contribution in [2.45, 2.75) is 13.3 Å². The molecule has 0 saturated heterocycles. The van der Waals surface area contributed by atoms with Crippen molar-refractivity contribution in [2.75, 3.05) is 24.3 Å². The number of hydrogen-bond acceptors (Lipinski definition) is 3. The van der Waals surface area contributed by atoms with Gasteiger partial charge in [-0.2, -0.15) is 0 Å². The molecule has 4 nitrogen and oxygen atoms in total. The van der Waals surface area contributed by atoms with Crippen LogP contribution in [-0.4, -0.2) is 19.6 Å². The number of amides is 1. The summed E-state index contributed by atoms with van der Waals surface area (Å²) in [6.45, 7) is 2.41. The predicted octanol–water partition coefficient (Wildman–Crippen LogP) is 4.86. The van der Waals surface area contributed by atoms with Crippen LogP contribution in [0.4, 0.5) is 11.4 Å². The van der Waals surface area contributed by atoms with E-state index in [9.17, 15) is 4.79 Å². The molecule has 122 valence electrons. The number of benzene rings is 2. The highest BCUT2D eigenvalue weighted by atomic mass is 79.9. The van der Waals surface area contributed by atoms with E-state index in [4.69, 9.17) is 16.3 Å². The number of ether oxygens (including phenoxy) is 1. The lowest BCUT2D eigenvalue weighted by atomic mass is 10.2. The van der Waals surface area contributed by atoms with Crippen molar-refractivity contribution in [1.82, 2.24) is 0 Å². The minimum absolute atomic E-state index is 0.0930. The lowest BCUT2D eigenvalue weighted by molar-refractivity contribution is -0.115. The van der Waals surface area contributed by atoms with E-state index in [1.165, 1.54) is 0 Å². The van der Waals surface area contributed by atoms with Crippen molar-refractivity contribution in [3.63, 3.8) is 0 Å². The van der Waals surface area contributed by atoms with Crippen LogP contribution in [0.2, 0.25) is 5.02 Å². The van der Waals surface area contributed by atoms with Gasteiger partial charge < -0.3 is 15.4 Å². The molecular formula is C17H18BrClN2O2. The Labute approximate surface area is 149 Å². The first-order chi connectivity index (χ1) is 11.0. The van der Waals surface area contributed by atoms with Crippen LogP contribution in [0.15, 0.2) is 40.9 Å². The van der Waals surface area contributed by atoms with Gasteiger partial charge in [0.05, 0.1) is 12.8 Å². The van der Waals surface area contributed by atoms with E-state index in [2.05, 4.69) is 26.6 Å². The van der Waals surface area contributed by atoms with Gasteiger partial charge in [0.25, 0.3) is 0 Å². The Balaban J connectivity index is 1.93. The molecule has 6 heteroatoms. The van der Waals surface area contributed by atoms with Crippen LogP contribution in [0.3, 0.4) is 0 Å². The van der Waals surface area contributed by atoms with Gasteiger partial charge in [-0.15, -0.1) is 0 Å². The van der Waals surface area contributed by atoms with Crippen LogP contribution in [-0.2, 0) is 4.79 Å². The Bertz CT molecular complexity index is 707. The standard InChI is InChI=1S/C17H18BrClN2O2/c1-11-9-15(16(23-2)10-13(11)19)21-17(22)7-8-20-14-6-4-3-5-12(14)18/h3-6,9-10,20H,7-8H2,1-2H3,(H,21,22). The summed E-state index contributed by atoms with van der Waals surface area (Å²) < 4.78 is 6.22. The second-order valence-corrected chi connectivity index (χ2v) is 6.27. The Morgan fingerprint density at radius 1 is 1.26 bits per heavy atom. The van der Waals surface area contributed by atoms with E-state index < -0.39 is 0 Å². The van der Waals surface area contributed by atoms with E-state index >= 15 is 0 Å². The van der Waals surface area contributed by atoms with Gasteiger partial charge in [-0.05, 0) is 46.6 Å². The molecule has 0 fully saturated rings. The summed E-state index contributed by atoms with van der Waals surface area (Å²) in [5, 5.41) is 6.68. The molecule has 2 aromatic carbocycles. The van der Waals surface area contributed by atoms with Gasteiger partial charge in [0.1, 0.15) is 5.75 Å². The first kappa shape index (κ1) is 17.6. The highest BCUT2D eigenvalue weighted by Crippen LogP contribution is 2.31. The topological polar surface area (TPSA) is 50.4 Å². The number of halogens is 2. The predicted molar refractivity (Wildman–Crippen MR) is 98.6 cm³/mol. The molecule has 0 aliphatic heterocycles. The molecule has 0 spiro atoms. The molecule has 0 saturated carbocycles. The van der Waals surface area contributed by atoms with Gasteiger partial charge >= 0.3 is 0 Å². The molecule has 0 atom stereocenters. The number of methoxy groups -OCH3 is 1. The lowest BCUT2D eigenvalue weighted by Crippen LogP contribution is -2.17. The van der Waals surface area contributed by atoms with E-state index in [1.807, 2.05) is 31.2 Å². The van der Waals surface area contributed by atoms with Gasteiger partial charge in [-0.3, -0.25) is 4.79 Å². The van der Waals surface area contributed by atoms with E-state index in [-0.39, 0.29) is 5.91 Å². The first-order valence-electron chi connectivity index (χ1n) is 7.13. The zero-order valence-corrected chi connectivity index (χ0v) is 15.3. The summed E-state index contributed by atoms with van der Waals surface area (Å²) in [7, 11) is 1.55. The lowest BCUT2D eigenvalue weighted by Gasteiger charge is -2.13. The number of nitrogens with one attached hydrogen (secondary N) is 2. The summed E-state index contributed by atoms with van der Waals surface area (Å²) in [4.78, 5) is 12.1. The molecule has 1 amide bonds. The second kappa shape index (κ2) is 8.22. The summed E-state index contributed by atoms with van der Waals surface area (Å²) in [5.41, 5.74) is 2.47. The van der Waals surface area contributed by atoms with Crippen molar-refractivity contribution >= 4 is 44.8 Å². The zero-order valence-electron chi connectivity index (χ0n) is 13.0. The van der Waals surface area contributed by atoms with Crippen molar-refractivity contribution in [2.24, 2.45) is 0 Å². The molecule has 2 N–H and O–H groups in total. The van der Waals surface area contributed by atoms with Gasteiger partial charge in [0, 0.05) is 34.2 Å². The zero-order chi connectivity index (χ0) is 16.8. The quantitative estimate of drug-likeness (QED) is 0.732. The summed E-state index contributed by atoms with van der Waals surface area (Å²) in [6.07, 6.45) is 0.339. The minimum Gasteiger partial charge on any atom is -0.495 e. The van der Waals surface area contributed by atoms with E-state index in [1.54, 1.807) is 19.2 Å². The van der Waals surface area contributed by atoms with Crippen LogP contribution < -0.4 is 15.4 Å². The third kappa shape index (κ3) is 4.88. The number of carbonyl (C=O) groups excluding carboxylic acids is 1. The number of carbonyl (C=O) groups is 1. The van der Waals surface area contributed by atoms with E-state index in [0.29, 0.717) is 29.4 Å². The Kier molecular flexibility index (Phi) is 6.30. The number of aryl methyl sites for hydroxylation is 1. The Hall–Kier alpha value is -1.72. The molecule has 0 aliphatic carbocycles. The fraction of sp³-hybridized carbons (Fsp3) is 0.235. The van der Waals surface area contributed by atoms with Crippen LogP contribution >= 0.6 is 27.5 Å². The van der Waals surface area contributed by atoms with Gasteiger partial charge in [-0.25, -0.2) is 0 Å². The second-order valence-electron chi connectivity index (χ2n) is 5.01. The highest BCUT2D eigenvalue weighted by molar-refractivity contribution is 9.10. The molecule has 0 aliphatic rings. The highest BCUT2D eigenvalue weighted by Gasteiger charge is 2.10. The van der Waals surface area contributed by atoms with Gasteiger partial charge in [-0.1, -0.05) is 23.7 Å². The molecule has 0 bridgehead atoms. The van der Waals surface area contributed by atoms with Crippen molar-refractivity contribution in [3.8, 4) is 5.75 Å². The first-order valence-corrected chi connectivity index (χ1v) is 8.30. The molecule has 2 aromatic rings. The smallest absolute Gasteiger partial charge is 0.226 e. The molecule has 0 unspecified atom stereocenters. The van der Waals surface area contributed by atoms with Gasteiger partial charge in [0.15, 0.2) is 0 Å². The normalized spacial score (nSPS) is 10.3. The maximum Gasteiger partial charge on any atom is 0.226 e. The largest absolute Gasteiger partial charge is 0.495 e. The molecule has 2 rings (SSSR count). The average molecular weight is 398 g/mol. The fourth-order valence-corrected chi connectivity index (χ4v) is 2.64. The Morgan fingerprint density at radius 3 is 2.70 bits per heavy atom. The molecule has 23 heavy (non-hydrogen) atoms. The molecule has 0 aromatic heterocycles. The minimum atomic E-state index is -0.0930. The van der Waals surface area contributed by atoms with Gasteiger partial charge in [0.2, 0.25) is 5.91 Å². The molecule has 0 radical (unpaired) electrons. The molecule has 0 heterocycles. The van der Waals surface area contributed by atoms with Crippen LogP contribution in [0, 0.1) is 6.92 Å². The third-order valence-corrected chi connectivity index (χ3v) is 4.39. The van der Waals surface area contributed by atoms with Crippen LogP contribution in [0.1, 0.15) is 12.0 Å². The summed E-state index contributed by atoms with van der Waals surface area (Å²) >= 11 is 9.52. The van der Waals surface area contributed by atoms with Crippen LogP contribution in [0.25, 0.3) is 0 Å². The van der Waals surface area contributed by atoms with E-state index in [0.717, 1.165) is 15.7 Å². The number of rotatable bonds is 6. The summed E-state index contributed by atoms with van der Waals surface area (Å²) in [6, 6.07) is 11.3. The SMILES string of the molecule is COc1cc(Cl)c(C)cc1NC(=O)CCNc1ccccc1Br.